The summed E-state index contributed by atoms with van der Waals surface area (Å²) in [7, 11) is 5.51. The van der Waals surface area contributed by atoms with E-state index < -0.39 is 22.5 Å². The molecule has 10 heteroatoms. The average Bonchev–Trinajstić information content (AvgIpc) is 3.48. The summed E-state index contributed by atoms with van der Waals surface area (Å²) in [5.41, 5.74) is 8.46. The minimum atomic E-state index is -0.671. The van der Waals surface area contributed by atoms with Crippen LogP contribution in [0.25, 0.3) is 11.4 Å². The van der Waals surface area contributed by atoms with Crippen LogP contribution < -0.4 is 10.1 Å². The van der Waals surface area contributed by atoms with Crippen LogP contribution in [0.4, 0.5) is 0 Å². The molecule has 0 spiro atoms. The Morgan fingerprint density at radius 3 is 2.59 bits per heavy atom. The Labute approximate surface area is 179 Å². The zero-order chi connectivity index (χ0) is 20.5. The van der Waals surface area contributed by atoms with Crippen LogP contribution in [0.5, 0.6) is 0 Å². The first kappa shape index (κ1) is 21.0. The van der Waals surface area contributed by atoms with Crippen molar-refractivity contribution in [3.63, 3.8) is 0 Å². The third-order valence-corrected chi connectivity index (χ3v) is 6.01. The fourth-order valence-corrected chi connectivity index (χ4v) is 3.77. The van der Waals surface area contributed by atoms with Crippen LogP contribution in [0.3, 0.4) is 0 Å². The summed E-state index contributed by atoms with van der Waals surface area (Å²) >= 11 is -0.561. The molecule has 0 amide bonds. The quantitative estimate of drug-likeness (QED) is 0.297. The summed E-state index contributed by atoms with van der Waals surface area (Å²) in [6.45, 7) is 0. The molecule has 0 fully saturated rings. The summed E-state index contributed by atoms with van der Waals surface area (Å²) in [6, 6.07) is 8.27. The number of carbonyl (C=O) groups is 1. The number of hydrogen-bond donors (Lipinski definition) is 3. The van der Waals surface area contributed by atoms with Crippen LogP contribution in [0.1, 0.15) is 16.1 Å². The Morgan fingerprint density at radius 2 is 1.97 bits per heavy atom. The standard InChI is InChI=1S/C16H15N5O.C3H3N2.ClH.Os/c17-13(8-11-9-18-10-21-11)16(22)12-4-3-7-20-15(12)14-5-1-2-6-19-14;1-2-5-3-4-1;;/h1-7,9-10,13H,8,17H2,(H,18,21);1-2H,(H,4,5);1H;/q;;;+1/p-1/t13-;;;/m0.../s1. The predicted octanol–water partition coefficient (Wildman–Crippen LogP) is 1.89. The SMILES string of the molecule is N[C@@H](Cc1c[nH]cn1)C(=O)c1cccnc1-c1ccccn1.[Cl][Os][c]1ncc[nH]1. The van der Waals surface area contributed by atoms with Crippen molar-refractivity contribution in [2.24, 2.45) is 5.73 Å². The van der Waals surface area contributed by atoms with E-state index in [9.17, 15) is 4.79 Å². The maximum atomic E-state index is 12.6. The topological polar surface area (TPSA) is 126 Å². The Bertz CT molecular complexity index is 1010. The van der Waals surface area contributed by atoms with Gasteiger partial charge in [0.15, 0.2) is 5.78 Å². The monoisotopic (exact) mass is 587 g/mol. The van der Waals surface area contributed by atoms with E-state index in [0.717, 1.165) is 10.1 Å². The van der Waals surface area contributed by atoms with E-state index in [4.69, 9.17) is 15.4 Å². The first-order valence-electron chi connectivity index (χ1n) is 8.56. The number of ketones is 1. The molecule has 0 aliphatic heterocycles. The second-order valence-corrected chi connectivity index (χ2v) is 8.56. The molecule has 0 unspecified atom stereocenters. The second-order valence-electron chi connectivity index (χ2n) is 5.79. The van der Waals surface area contributed by atoms with Gasteiger partial charge in [-0.25, -0.2) is 4.98 Å². The number of rotatable bonds is 6. The molecule has 4 rings (SSSR count). The third-order valence-electron chi connectivity index (χ3n) is 3.82. The van der Waals surface area contributed by atoms with Crippen LogP contribution >= 0.6 is 9.64 Å². The molecule has 0 saturated carbocycles. The number of nitrogens with one attached hydrogen (secondary N) is 2. The van der Waals surface area contributed by atoms with Crippen LogP contribution in [-0.4, -0.2) is 41.7 Å². The van der Waals surface area contributed by atoms with Crippen LogP contribution in [-0.2, 0) is 22.8 Å². The number of halogens is 1. The van der Waals surface area contributed by atoms with Crippen molar-refractivity contribution < 1.29 is 21.2 Å². The van der Waals surface area contributed by atoms with Crippen LogP contribution in [0.2, 0.25) is 0 Å². The Kier molecular flexibility index (Phi) is 7.76. The van der Waals surface area contributed by atoms with Gasteiger partial charge in [-0.2, -0.15) is 0 Å². The van der Waals surface area contributed by atoms with Gasteiger partial charge in [-0.1, -0.05) is 6.07 Å². The van der Waals surface area contributed by atoms with E-state index in [1.165, 1.54) is 0 Å². The molecule has 8 nitrogen and oxygen atoms in total. The number of hydrogen-bond acceptors (Lipinski definition) is 6. The molecule has 150 valence electrons. The van der Waals surface area contributed by atoms with Crippen molar-refractivity contribution in [2.45, 2.75) is 12.5 Å². The van der Waals surface area contributed by atoms with E-state index in [-0.39, 0.29) is 5.78 Å². The molecular formula is C19H18ClN7OOs. The number of pyridine rings is 2. The van der Waals surface area contributed by atoms with Crippen molar-refractivity contribution in [3.05, 3.63) is 78.9 Å². The number of carbonyl (C=O) groups excluding carboxylic acids is 1. The van der Waals surface area contributed by atoms with Crippen molar-refractivity contribution >= 4 is 19.8 Å². The molecule has 0 aliphatic rings. The van der Waals surface area contributed by atoms with Gasteiger partial charge in [0, 0.05) is 30.6 Å². The van der Waals surface area contributed by atoms with Gasteiger partial charge in [0.25, 0.3) is 0 Å². The average molecular weight is 586 g/mol. The van der Waals surface area contributed by atoms with Gasteiger partial charge >= 0.3 is 52.8 Å². The van der Waals surface area contributed by atoms with Crippen molar-refractivity contribution in [1.29, 1.82) is 0 Å². The van der Waals surface area contributed by atoms with Crippen molar-refractivity contribution in [3.8, 4) is 11.4 Å². The molecule has 4 N–H and O–H groups in total. The van der Waals surface area contributed by atoms with Gasteiger partial charge in [0.2, 0.25) is 0 Å². The van der Waals surface area contributed by atoms with E-state index in [0.29, 0.717) is 23.4 Å². The van der Waals surface area contributed by atoms with Crippen LogP contribution in [0, 0.1) is 0 Å². The fourth-order valence-electron chi connectivity index (χ4n) is 2.51. The van der Waals surface area contributed by atoms with Gasteiger partial charge in [-0.05, 0) is 24.3 Å². The fraction of sp³-hybridized carbons (Fsp3) is 0.105. The number of aromatic nitrogens is 6. The van der Waals surface area contributed by atoms with Gasteiger partial charge in [0.05, 0.1) is 29.5 Å². The Hall–Kier alpha value is -2.72. The third kappa shape index (κ3) is 5.88. The number of aromatic amines is 2. The number of Topliss-reactive ketones (excluding diaryl/α,β-unsaturated/α-hetero) is 1. The predicted molar refractivity (Wildman–Crippen MR) is 106 cm³/mol. The number of imidazole rings is 2. The molecule has 1 atom stereocenters. The number of nitrogens with two attached hydrogens (primary N) is 1. The summed E-state index contributed by atoms with van der Waals surface area (Å²) < 4.78 is 0.960. The first-order valence-corrected chi connectivity index (χ1v) is 13.0. The van der Waals surface area contributed by atoms with E-state index in [2.05, 4.69) is 29.9 Å². The molecular weight excluding hydrogens is 568 g/mol. The van der Waals surface area contributed by atoms with Crippen molar-refractivity contribution in [1.82, 2.24) is 29.9 Å². The second kappa shape index (κ2) is 10.7. The molecule has 4 aromatic rings. The molecule has 0 aliphatic carbocycles. The zero-order valence-electron chi connectivity index (χ0n) is 15.1. The van der Waals surface area contributed by atoms with Crippen molar-refractivity contribution in [2.75, 3.05) is 0 Å². The van der Waals surface area contributed by atoms with Gasteiger partial charge in [0.1, 0.15) is 0 Å². The summed E-state index contributed by atoms with van der Waals surface area (Å²) in [6.07, 6.45) is 10.5. The molecule has 0 bridgehead atoms. The summed E-state index contributed by atoms with van der Waals surface area (Å²) in [5.74, 6) is -0.170. The van der Waals surface area contributed by atoms with Gasteiger partial charge < -0.3 is 10.7 Å². The van der Waals surface area contributed by atoms with Gasteiger partial charge in [-0.15, -0.1) is 0 Å². The zero-order valence-corrected chi connectivity index (χ0v) is 18.4. The Morgan fingerprint density at radius 1 is 1.10 bits per heavy atom. The summed E-state index contributed by atoms with van der Waals surface area (Å²) in [4.78, 5) is 34.9. The molecule has 0 aromatic carbocycles. The molecule has 29 heavy (non-hydrogen) atoms. The molecule has 4 heterocycles. The minimum absolute atomic E-state index is 0.170. The maximum absolute atomic E-state index is 12.6. The molecule has 4 aromatic heterocycles. The van der Waals surface area contributed by atoms with Crippen LogP contribution in [0.15, 0.2) is 67.6 Å². The Balaban J connectivity index is 0.000000290. The van der Waals surface area contributed by atoms with E-state index in [1.54, 1.807) is 49.4 Å². The van der Waals surface area contributed by atoms with Gasteiger partial charge in [-0.3, -0.25) is 14.8 Å². The van der Waals surface area contributed by atoms with E-state index >= 15 is 0 Å². The normalized spacial score (nSPS) is 11.5. The van der Waals surface area contributed by atoms with E-state index in [1.807, 2.05) is 18.2 Å². The summed E-state index contributed by atoms with van der Waals surface area (Å²) in [5, 5.41) is 0. The number of H-pyrrole nitrogens is 2. The number of nitrogens with zero attached hydrogens (tertiary/aromatic N) is 4. The molecule has 0 radical (unpaired) electrons. The molecule has 0 saturated heterocycles. The first-order chi connectivity index (χ1) is 14.2.